The van der Waals surface area contributed by atoms with Crippen LogP contribution in [0.25, 0.3) is 0 Å². The summed E-state index contributed by atoms with van der Waals surface area (Å²) in [5, 5.41) is 0. The van der Waals surface area contributed by atoms with E-state index < -0.39 is 0 Å². The molecule has 0 aromatic carbocycles. The van der Waals surface area contributed by atoms with Crippen molar-refractivity contribution in [1.29, 1.82) is 0 Å². The van der Waals surface area contributed by atoms with Crippen molar-refractivity contribution in [2.24, 2.45) is 5.73 Å². The summed E-state index contributed by atoms with van der Waals surface area (Å²) in [5.74, 6) is 0. The van der Waals surface area contributed by atoms with Crippen molar-refractivity contribution in [3.8, 4) is 0 Å². The first-order valence-corrected chi connectivity index (χ1v) is 6.20. The summed E-state index contributed by atoms with van der Waals surface area (Å²) in [6, 6.07) is 0.274. The SMILES string of the molecule is CC(C)(C)c1nc(Br)n2c1CCC(N)C2. The quantitative estimate of drug-likeness (QED) is 0.787. The minimum absolute atomic E-state index is 0.116. The van der Waals surface area contributed by atoms with Gasteiger partial charge in [-0.1, -0.05) is 20.8 Å². The Morgan fingerprint density at radius 3 is 2.73 bits per heavy atom. The predicted octanol–water partition coefficient (Wildman–Crippen LogP) is 2.22. The first-order chi connectivity index (χ1) is 6.89. The highest BCUT2D eigenvalue weighted by Crippen LogP contribution is 2.31. The monoisotopic (exact) mass is 271 g/mol. The maximum absolute atomic E-state index is 5.97. The number of rotatable bonds is 0. The second-order valence-electron chi connectivity index (χ2n) is 5.34. The summed E-state index contributed by atoms with van der Waals surface area (Å²) in [7, 11) is 0. The minimum atomic E-state index is 0.116. The van der Waals surface area contributed by atoms with E-state index in [-0.39, 0.29) is 11.5 Å². The van der Waals surface area contributed by atoms with Crippen molar-refractivity contribution in [1.82, 2.24) is 9.55 Å². The van der Waals surface area contributed by atoms with Crippen LogP contribution in [-0.4, -0.2) is 15.6 Å². The second kappa shape index (κ2) is 3.59. The summed E-state index contributed by atoms with van der Waals surface area (Å²) in [5.41, 5.74) is 8.65. The summed E-state index contributed by atoms with van der Waals surface area (Å²) in [6.45, 7) is 7.50. The number of nitrogens with two attached hydrogens (primary N) is 1. The maximum Gasteiger partial charge on any atom is 0.177 e. The van der Waals surface area contributed by atoms with Crippen LogP contribution in [0.2, 0.25) is 0 Å². The minimum Gasteiger partial charge on any atom is -0.326 e. The van der Waals surface area contributed by atoms with Gasteiger partial charge in [-0.15, -0.1) is 0 Å². The molecule has 4 heteroatoms. The van der Waals surface area contributed by atoms with E-state index in [1.165, 1.54) is 11.4 Å². The molecular weight excluding hydrogens is 254 g/mol. The molecule has 0 amide bonds. The Morgan fingerprint density at radius 2 is 2.13 bits per heavy atom. The lowest BCUT2D eigenvalue weighted by molar-refractivity contribution is 0.446. The number of nitrogens with zero attached hydrogens (tertiary/aromatic N) is 2. The van der Waals surface area contributed by atoms with Crippen LogP contribution < -0.4 is 5.73 Å². The molecule has 15 heavy (non-hydrogen) atoms. The number of aromatic nitrogens is 2. The third-order valence-electron chi connectivity index (χ3n) is 2.91. The van der Waals surface area contributed by atoms with Crippen LogP contribution in [0.1, 0.15) is 38.6 Å². The van der Waals surface area contributed by atoms with E-state index in [4.69, 9.17) is 5.73 Å². The lowest BCUT2D eigenvalue weighted by Crippen LogP contribution is -2.32. The molecule has 2 heterocycles. The number of halogens is 1. The Kier molecular flexibility index (Phi) is 2.67. The van der Waals surface area contributed by atoms with Gasteiger partial charge in [0.05, 0.1) is 5.69 Å². The summed E-state index contributed by atoms with van der Waals surface area (Å²) < 4.78 is 3.15. The predicted molar refractivity (Wildman–Crippen MR) is 64.9 cm³/mol. The Morgan fingerprint density at radius 1 is 1.47 bits per heavy atom. The van der Waals surface area contributed by atoms with Gasteiger partial charge in [-0.3, -0.25) is 0 Å². The first kappa shape index (κ1) is 11.1. The van der Waals surface area contributed by atoms with E-state index in [1.807, 2.05) is 0 Å². The zero-order chi connectivity index (χ0) is 11.2. The largest absolute Gasteiger partial charge is 0.326 e. The van der Waals surface area contributed by atoms with Crippen molar-refractivity contribution in [3.63, 3.8) is 0 Å². The molecule has 0 aliphatic carbocycles. The average molecular weight is 272 g/mol. The highest BCUT2D eigenvalue weighted by Gasteiger charge is 2.28. The van der Waals surface area contributed by atoms with Crippen molar-refractivity contribution in [2.45, 2.75) is 51.6 Å². The first-order valence-electron chi connectivity index (χ1n) is 5.40. The Labute approximate surface area is 99.2 Å². The van der Waals surface area contributed by atoms with E-state index in [0.717, 1.165) is 24.1 Å². The van der Waals surface area contributed by atoms with Crippen LogP contribution in [0, 0.1) is 0 Å². The lowest BCUT2D eigenvalue weighted by Gasteiger charge is -2.25. The Balaban J connectivity index is 2.48. The van der Waals surface area contributed by atoms with Crippen molar-refractivity contribution < 1.29 is 0 Å². The molecule has 2 rings (SSSR count). The zero-order valence-electron chi connectivity index (χ0n) is 9.55. The van der Waals surface area contributed by atoms with Gasteiger partial charge < -0.3 is 10.3 Å². The molecular formula is C11H18BrN3. The molecule has 2 N–H and O–H groups in total. The fourth-order valence-electron chi connectivity index (χ4n) is 2.14. The fourth-order valence-corrected chi connectivity index (χ4v) is 2.68. The summed E-state index contributed by atoms with van der Waals surface area (Å²) in [6.07, 6.45) is 2.12. The van der Waals surface area contributed by atoms with Crippen molar-refractivity contribution in [2.75, 3.05) is 0 Å². The molecule has 1 atom stereocenters. The zero-order valence-corrected chi connectivity index (χ0v) is 11.1. The van der Waals surface area contributed by atoms with Crippen molar-refractivity contribution >= 4 is 15.9 Å². The highest BCUT2D eigenvalue weighted by molar-refractivity contribution is 9.10. The van der Waals surface area contributed by atoms with Gasteiger partial charge in [-0.2, -0.15) is 0 Å². The summed E-state index contributed by atoms with van der Waals surface area (Å²) >= 11 is 3.52. The van der Waals surface area contributed by atoms with Crippen LogP contribution in [0.15, 0.2) is 4.73 Å². The normalized spacial score (nSPS) is 21.5. The van der Waals surface area contributed by atoms with E-state index in [0.29, 0.717) is 0 Å². The molecule has 1 aromatic heterocycles. The third kappa shape index (κ3) is 1.97. The third-order valence-corrected chi connectivity index (χ3v) is 3.51. The van der Waals surface area contributed by atoms with Gasteiger partial charge in [0.15, 0.2) is 4.73 Å². The van der Waals surface area contributed by atoms with Gasteiger partial charge in [-0.05, 0) is 28.8 Å². The number of hydrogen-bond donors (Lipinski definition) is 1. The van der Waals surface area contributed by atoms with Crippen LogP contribution in [0.4, 0.5) is 0 Å². The standard InChI is InChI=1S/C11H18BrN3/c1-11(2,3)9-8-5-4-7(13)6-15(8)10(12)14-9/h7H,4-6,13H2,1-3H3. The van der Waals surface area contributed by atoms with Gasteiger partial charge in [0, 0.05) is 23.7 Å². The summed E-state index contributed by atoms with van der Waals surface area (Å²) in [4.78, 5) is 4.62. The van der Waals surface area contributed by atoms with Crippen LogP contribution >= 0.6 is 15.9 Å². The molecule has 1 aromatic rings. The smallest absolute Gasteiger partial charge is 0.177 e. The molecule has 1 aliphatic rings. The molecule has 84 valence electrons. The number of imidazole rings is 1. The van der Waals surface area contributed by atoms with Gasteiger partial charge >= 0.3 is 0 Å². The molecule has 1 unspecified atom stereocenters. The molecule has 0 radical (unpaired) electrons. The van der Waals surface area contributed by atoms with Crippen LogP contribution in [0.3, 0.4) is 0 Å². The molecule has 1 aliphatic heterocycles. The van der Waals surface area contributed by atoms with E-state index in [1.54, 1.807) is 0 Å². The molecule has 0 fully saturated rings. The van der Waals surface area contributed by atoms with E-state index in [9.17, 15) is 0 Å². The van der Waals surface area contributed by atoms with Crippen molar-refractivity contribution in [3.05, 3.63) is 16.1 Å². The molecule has 0 saturated carbocycles. The maximum atomic E-state index is 5.97. The fraction of sp³-hybridized carbons (Fsp3) is 0.727. The average Bonchev–Trinajstić information content (AvgIpc) is 2.43. The van der Waals surface area contributed by atoms with Gasteiger partial charge in [-0.25, -0.2) is 4.98 Å². The molecule has 0 saturated heterocycles. The number of hydrogen-bond acceptors (Lipinski definition) is 2. The van der Waals surface area contributed by atoms with Gasteiger partial charge in [0.1, 0.15) is 0 Å². The topological polar surface area (TPSA) is 43.8 Å². The molecule has 0 bridgehead atoms. The molecule has 0 spiro atoms. The van der Waals surface area contributed by atoms with Crippen LogP contribution in [-0.2, 0) is 18.4 Å². The van der Waals surface area contributed by atoms with E-state index in [2.05, 4.69) is 46.3 Å². The Bertz CT molecular complexity index is 376. The van der Waals surface area contributed by atoms with Crippen LogP contribution in [0.5, 0.6) is 0 Å². The highest BCUT2D eigenvalue weighted by atomic mass is 79.9. The number of fused-ring (bicyclic) bond motifs is 1. The Hall–Kier alpha value is -0.350. The second-order valence-corrected chi connectivity index (χ2v) is 6.04. The van der Waals surface area contributed by atoms with Gasteiger partial charge in [0.2, 0.25) is 0 Å². The van der Waals surface area contributed by atoms with Gasteiger partial charge in [0.25, 0.3) is 0 Å². The molecule has 3 nitrogen and oxygen atoms in total. The lowest BCUT2D eigenvalue weighted by atomic mass is 9.88. The van der Waals surface area contributed by atoms with E-state index >= 15 is 0 Å².